The van der Waals surface area contributed by atoms with Crippen LogP contribution in [0.5, 0.6) is 0 Å². The van der Waals surface area contributed by atoms with Crippen molar-refractivity contribution in [3.63, 3.8) is 0 Å². The maximum Gasteiger partial charge on any atom is 1.00 e. The van der Waals surface area contributed by atoms with Crippen molar-refractivity contribution in [3.05, 3.63) is 11.1 Å². The van der Waals surface area contributed by atoms with Gasteiger partial charge in [-0.1, -0.05) is 0 Å². The third-order valence-corrected chi connectivity index (χ3v) is 1.47. The average molecular weight is 165 g/mol. The Kier molecular flexibility index (Phi) is 3.97. The van der Waals surface area contributed by atoms with Crippen LogP contribution in [0.1, 0.15) is 15.3 Å². The second-order valence-corrected chi connectivity index (χ2v) is 2.03. The first-order valence-corrected chi connectivity index (χ1v) is 2.66. The van der Waals surface area contributed by atoms with Crippen molar-refractivity contribution in [1.29, 1.82) is 0 Å². The smallest absolute Gasteiger partial charge is 1.00 e. The predicted molar refractivity (Wildman–Crippen MR) is 32.6 cm³/mol. The number of imide groups is 1. The van der Waals surface area contributed by atoms with Crippen LogP contribution in [0.2, 0.25) is 0 Å². The van der Waals surface area contributed by atoms with Crippen LogP contribution >= 0.6 is 0 Å². The van der Waals surface area contributed by atoms with E-state index in [4.69, 9.17) is 0 Å². The molecule has 3 nitrogen and oxygen atoms in total. The Morgan fingerprint density at radius 1 is 1.10 bits per heavy atom. The molecule has 1 heterocycles. The normalized spacial score (nSPS) is 17.0. The Morgan fingerprint density at radius 2 is 1.40 bits per heavy atom. The molecule has 0 radical (unpaired) electrons. The minimum Gasteiger partial charge on any atom is -1.00 e. The second kappa shape index (κ2) is 3.78. The first kappa shape index (κ1) is 10.5. The third-order valence-electron chi connectivity index (χ3n) is 1.47. The Balaban J connectivity index is 0. The molecule has 0 aromatic carbocycles. The van der Waals surface area contributed by atoms with Crippen LogP contribution in [-0.2, 0) is 9.59 Å². The van der Waals surface area contributed by atoms with Gasteiger partial charge in [0.2, 0.25) is 0 Å². The molecule has 0 atom stereocenters. The molecule has 1 aliphatic heterocycles. The number of amides is 2. The van der Waals surface area contributed by atoms with Gasteiger partial charge in [0, 0.05) is 11.1 Å². The predicted octanol–water partition coefficient (Wildman–Crippen LogP) is -2.90. The standard InChI is InChI=1S/C6H7NO2.K.H/c1-3-4(2)6(9)7-5(3)8;;/h1-2H3,(H,7,8,9);;/q;+1;-1. The SMILES string of the molecule is CC1=C(C)C(=O)NC1=O.[H-].[K+]. The largest absolute Gasteiger partial charge is 1.00 e. The Labute approximate surface area is 103 Å². The summed E-state index contributed by atoms with van der Waals surface area (Å²) in [5.41, 5.74) is 1.06. The fourth-order valence-electron chi connectivity index (χ4n) is 0.631. The van der Waals surface area contributed by atoms with Crippen molar-refractivity contribution in [3.8, 4) is 0 Å². The Bertz CT molecular complexity index is 203. The average Bonchev–Trinajstić information content (AvgIpc) is 1.98. The molecular weight excluding hydrogens is 157 g/mol. The summed E-state index contributed by atoms with van der Waals surface area (Å²) in [5, 5.41) is 2.16. The molecule has 1 N–H and O–H groups in total. The maximum atomic E-state index is 10.6. The maximum absolute atomic E-state index is 10.6. The minimum atomic E-state index is -0.266. The molecule has 0 aromatic rings. The van der Waals surface area contributed by atoms with Crippen LogP contribution < -0.4 is 56.7 Å². The van der Waals surface area contributed by atoms with Gasteiger partial charge in [-0.15, -0.1) is 0 Å². The van der Waals surface area contributed by atoms with Crippen LogP contribution in [0.3, 0.4) is 0 Å². The van der Waals surface area contributed by atoms with Crippen LogP contribution in [0, 0.1) is 0 Å². The number of nitrogens with one attached hydrogen (secondary N) is 1. The van der Waals surface area contributed by atoms with Gasteiger partial charge in [-0.3, -0.25) is 14.9 Å². The van der Waals surface area contributed by atoms with E-state index in [1.54, 1.807) is 13.8 Å². The molecule has 2 amide bonds. The zero-order valence-electron chi connectivity index (χ0n) is 7.32. The summed E-state index contributed by atoms with van der Waals surface area (Å²) in [4.78, 5) is 21.2. The molecule has 0 unspecified atom stereocenters. The van der Waals surface area contributed by atoms with Crippen LogP contribution in [-0.4, -0.2) is 11.8 Å². The van der Waals surface area contributed by atoms with E-state index in [1.807, 2.05) is 0 Å². The van der Waals surface area contributed by atoms with Crippen LogP contribution in [0.25, 0.3) is 0 Å². The van der Waals surface area contributed by atoms with Gasteiger partial charge in [0.15, 0.2) is 0 Å². The minimum absolute atomic E-state index is 0. The zero-order valence-corrected chi connectivity index (χ0v) is 9.44. The van der Waals surface area contributed by atoms with Gasteiger partial charge in [-0.25, -0.2) is 0 Å². The number of hydrogen-bond donors (Lipinski definition) is 1. The van der Waals surface area contributed by atoms with E-state index >= 15 is 0 Å². The molecule has 1 rings (SSSR count). The number of carbonyl (C=O) groups excluding carboxylic acids is 2. The Hall–Kier alpha value is 0.516. The molecule has 50 valence electrons. The van der Waals surface area contributed by atoms with Gasteiger partial charge < -0.3 is 1.43 Å². The molecule has 0 saturated heterocycles. The third kappa shape index (κ3) is 1.76. The first-order valence-electron chi connectivity index (χ1n) is 2.66. The van der Waals surface area contributed by atoms with E-state index in [1.165, 1.54) is 0 Å². The summed E-state index contributed by atoms with van der Waals surface area (Å²) in [7, 11) is 0. The first-order chi connectivity index (χ1) is 4.13. The molecular formula is C6H8KNO2. The van der Waals surface area contributed by atoms with Gasteiger partial charge in [0.05, 0.1) is 0 Å². The number of rotatable bonds is 0. The van der Waals surface area contributed by atoms with Crippen LogP contribution in [0.15, 0.2) is 11.1 Å². The van der Waals surface area contributed by atoms with Crippen molar-refractivity contribution < 1.29 is 62.4 Å². The number of carbonyl (C=O) groups is 2. The summed E-state index contributed by atoms with van der Waals surface area (Å²) in [6, 6.07) is 0. The van der Waals surface area contributed by atoms with E-state index in [9.17, 15) is 9.59 Å². The molecule has 0 fully saturated rings. The van der Waals surface area contributed by atoms with Gasteiger partial charge in [0.25, 0.3) is 11.8 Å². The summed E-state index contributed by atoms with van der Waals surface area (Å²) in [5.74, 6) is -0.532. The van der Waals surface area contributed by atoms with E-state index in [2.05, 4.69) is 5.32 Å². The molecule has 0 aromatic heterocycles. The molecule has 0 bridgehead atoms. The number of hydrogen-bond acceptors (Lipinski definition) is 2. The quantitative estimate of drug-likeness (QED) is 0.309. The van der Waals surface area contributed by atoms with Crippen molar-refractivity contribution in [2.75, 3.05) is 0 Å². The van der Waals surface area contributed by atoms with Gasteiger partial charge in [-0.05, 0) is 13.8 Å². The Morgan fingerprint density at radius 3 is 1.50 bits per heavy atom. The summed E-state index contributed by atoms with van der Waals surface area (Å²) >= 11 is 0. The van der Waals surface area contributed by atoms with E-state index in [-0.39, 0.29) is 64.6 Å². The molecule has 0 spiro atoms. The summed E-state index contributed by atoms with van der Waals surface area (Å²) in [6.45, 7) is 3.27. The van der Waals surface area contributed by atoms with Gasteiger partial charge in [-0.2, -0.15) is 0 Å². The fourth-order valence-corrected chi connectivity index (χ4v) is 0.631. The van der Waals surface area contributed by atoms with E-state index < -0.39 is 0 Å². The van der Waals surface area contributed by atoms with Crippen LogP contribution in [0.4, 0.5) is 0 Å². The van der Waals surface area contributed by atoms with Crippen molar-refractivity contribution in [2.24, 2.45) is 0 Å². The molecule has 1 aliphatic rings. The summed E-state index contributed by atoms with van der Waals surface area (Å²) in [6.07, 6.45) is 0. The van der Waals surface area contributed by atoms with Crippen molar-refractivity contribution >= 4 is 11.8 Å². The second-order valence-electron chi connectivity index (χ2n) is 2.03. The fraction of sp³-hybridized carbons (Fsp3) is 0.333. The van der Waals surface area contributed by atoms with E-state index in [0.717, 1.165) is 0 Å². The monoisotopic (exact) mass is 165 g/mol. The van der Waals surface area contributed by atoms with Crippen molar-refractivity contribution in [1.82, 2.24) is 5.32 Å². The summed E-state index contributed by atoms with van der Waals surface area (Å²) < 4.78 is 0. The zero-order chi connectivity index (χ0) is 7.02. The topological polar surface area (TPSA) is 46.2 Å². The molecule has 10 heavy (non-hydrogen) atoms. The van der Waals surface area contributed by atoms with E-state index in [0.29, 0.717) is 11.1 Å². The molecule has 0 saturated carbocycles. The molecule has 0 aliphatic carbocycles. The van der Waals surface area contributed by atoms with Gasteiger partial charge in [0.1, 0.15) is 0 Å². The van der Waals surface area contributed by atoms with Crippen molar-refractivity contribution in [2.45, 2.75) is 13.8 Å². The van der Waals surface area contributed by atoms with Gasteiger partial charge >= 0.3 is 51.4 Å². The molecule has 4 heteroatoms.